The normalized spacial score (nSPS) is 37.3. The van der Waals surface area contributed by atoms with Gasteiger partial charge >= 0.3 is 0 Å². The number of hydrogen-bond acceptors (Lipinski definition) is 3. The van der Waals surface area contributed by atoms with E-state index in [-0.39, 0.29) is 11.3 Å². The van der Waals surface area contributed by atoms with Gasteiger partial charge in [0, 0.05) is 12.3 Å². The van der Waals surface area contributed by atoms with E-state index in [2.05, 4.69) is 57.9 Å². The molecule has 0 unspecified atom stereocenters. The molecule has 0 spiro atoms. The van der Waals surface area contributed by atoms with Crippen molar-refractivity contribution in [3.05, 3.63) is 72.9 Å². The summed E-state index contributed by atoms with van der Waals surface area (Å²) in [6.07, 6.45) is 17.8. The van der Waals surface area contributed by atoms with Crippen LogP contribution in [-0.2, 0) is 0 Å². The molecule has 0 heterocycles. The van der Waals surface area contributed by atoms with E-state index in [4.69, 9.17) is 0 Å². The van der Waals surface area contributed by atoms with Crippen molar-refractivity contribution in [2.45, 2.75) is 83.5 Å². The quantitative estimate of drug-likeness (QED) is 0.412. The predicted octanol–water partition coefficient (Wildman–Crippen LogP) is 6.06. The van der Waals surface area contributed by atoms with E-state index in [9.17, 15) is 15.3 Å². The molecule has 0 aromatic rings. The van der Waals surface area contributed by atoms with E-state index in [0.29, 0.717) is 30.6 Å². The van der Waals surface area contributed by atoms with Crippen LogP contribution in [0.3, 0.4) is 0 Å². The van der Waals surface area contributed by atoms with E-state index in [1.54, 1.807) is 12.2 Å². The first-order chi connectivity index (χ1) is 15.6. The fraction of sp³-hybridized carbons (Fsp3) is 0.600. The molecule has 3 heteroatoms. The first-order valence-corrected chi connectivity index (χ1v) is 12.7. The number of allylic oxidation sites excluding steroid dienone is 4. The maximum atomic E-state index is 10.6. The number of aliphatic hydroxyl groups is 3. The van der Waals surface area contributed by atoms with Gasteiger partial charge in [0.1, 0.15) is 5.60 Å². The summed E-state index contributed by atoms with van der Waals surface area (Å²) in [6, 6.07) is 0. The maximum Gasteiger partial charge on any atom is 0.106 e. The van der Waals surface area contributed by atoms with E-state index < -0.39 is 17.8 Å². The Hall–Kier alpha value is -1.68. The largest absolute Gasteiger partial charge is 0.393 e. The number of hydrogen-bond donors (Lipinski definition) is 3. The summed E-state index contributed by atoms with van der Waals surface area (Å²) in [6.45, 7) is 18.4. The van der Waals surface area contributed by atoms with Gasteiger partial charge in [0.05, 0.1) is 12.2 Å². The van der Waals surface area contributed by atoms with Crippen molar-refractivity contribution < 1.29 is 15.3 Å². The Bertz CT molecular complexity index is 839. The molecule has 0 bridgehead atoms. The van der Waals surface area contributed by atoms with Crippen LogP contribution in [0.25, 0.3) is 0 Å². The van der Waals surface area contributed by atoms with Gasteiger partial charge in [0.25, 0.3) is 0 Å². The van der Waals surface area contributed by atoms with Crippen molar-refractivity contribution in [2.75, 3.05) is 0 Å². The van der Waals surface area contributed by atoms with Crippen molar-refractivity contribution in [1.29, 1.82) is 0 Å². The smallest absolute Gasteiger partial charge is 0.106 e. The molecule has 7 atom stereocenters. The summed E-state index contributed by atoms with van der Waals surface area (Å²) in [4.78, 5) is 0. The molecule has 3 aliphatic carbocycles. The van der Waals surface area contributed by atoms with Crippen molar-refractivity contribution in [2.24, 2.45) is 29.1 Å². The zero-order valence-corrected chi connectivity index (χ0v) is 20.8. The second-order valence-corrected chi connectivity index (χ2v) is 11.0. The fourth-order valence-electron chi connectivity index (χ4n) is 6.69. The first-order valence-electron chi connectivity index (χ1n) is 12.7. The lowest BCUT2D eigenvalue weighted by atomic mass is 9.61. The monoisotopic (exact) mass is 452 g/mol. The van der Waals surface area contributed by atoms with Crippen LogP contribution in [-0.4, -0.2) is 33.1 Å². The summed E-state index contributed by atoms with van der Waals surface area (Å²) in [7, 11) is 0. The highest BCUT2D eigenvalue weighted by Crippen LogP contribution is 2.59. The fourth-order valence-corrected chi connectivity index (χ4v) is 6.69. The van der Waals surface area contributed by atoms with Crippen LogP contribution in [0.5, 0.6) is 0 Å². The third kappa shape index (κ3) is 5.21. The van der Waals surface area contributed by atoms with Crippen molar-refractivity contribution in [1.82, 2.24) is 0 Å². The molecule has 3 rings (SSSR count). The lowest BCUT2D eigenvalue weighted by molar-refractivity contribution is 0.0862. The SMILES string of the molecule is C=CC(O)(C=C)[C@@H](C)/C=C/[C@@H](C)[C@H]1CC[C@H]2/C(=C/C=C3/C[C@@H](O)C[C@H](O)C3=C)CCC[C@]12C. The molecule has 3 fully saturated rings. The zero-order chi connectivity index (χ0) is 24.4. The Morgan fingerprint density at radius 2 is 1.79 bits per heavy atom. The highest BCUT2D eigenvalue weighted by molar-refractivity contribution is 5.38. The standard InChI is InChI=1S/C30H44O3/c1-7-30(33,8-2)21(4)12-11-20(3)26-15-16-27-23(10-9-17-29(26,27)6)13-14-24-18-25(31)19-28(32)22(24)5/h7-8,11-14,20-21,25-28,31-33H,1-2,5,9-10,15-19H2,3-4,6H3/b12-11+,23-13+,24-14-/t20-,21+,25-,26-,27+,28+,29-/m1/s1. The minimum Gasteiger partial charge on any atom is -0.393 e. The van der Waals surface area contributed by atoms with Crippen molar-refractivity contribution in [3.8, 4) is 0 Å². The summed E-state index contributed by atoms with van der Waals surface area (Å²) < 4.78 is 0. The second kappa shape index (κ2) is 10.3. The van der Waals surface area contributed by atoms with Gasteiger partial charge in [-0.1, -0.05) is 82.5 Å². The Kier molecular flexibility index (Phi) is 8.09. The minimum absolute atomic E-state index is 0.0670. The molecule has 0 amide bonds. The van der Waals surface area contributed by atoms with Gasteiger partial charge < -0.3 is 15.3 Å². The third-order valence-electron chi connectivity index (χ3n) is 9.02. The first kappa shape index (κ1) is 25.9. The number of aliphatic hydroxyl groups excluding tert-OH is 2. The molecule has 3 nitrogen and oxygen atoms in total. The lowest BCUT2D eigenvalue weighted by Crippen LogP contribution is -2.35. The van der Waals surface area contributed by atoms with Crippen LogP contribution in [0.1, 0.15) is 65.7 Å². The highest BCUT2D eigenvalue weighted by Gasteiger charge is 2.50. The van der Waals surface area contributed by atoms with E-state index in [1.165, 1.54) is 31.3 Å². The molecule has 3 aliphatic rings. The second-order valence-electron chi connectivity index (χ2n) is 11.0. The minimum atomic E-state index is -1.07. The molecule has 0 aromatic heterocycles. The van der Waals surface area contributed by atoms with Gasteiger partial charge in [0.2, 0.25) is 0 Å². The van der Waals surface area contributed by atoms with Crippen LogP contribution >= 0.6 is 0 Å². The van der Waals surface area contributed by atoms with Gasteiger partial charge in [-0.3, -0.25) is 0 Å². The topological polar surface area (TPSA) is 60.7 Å². The molecular weight excluding hydrogens is 408 g/mol. The number of rotatable bonds is 7. The van der Waals surface area contributed by atoms with E-state index >= 15 is 0 Å². The Morgan fingerprint density at radius 3 is 2.45 bits per heavy atom. The van der Waals surface area contributed by atoms with E-state index in [0.717, 1.165) is 17.6 Å². The highest BCUT2D eigenvalue weighted by atomic mass is 16.3. The van der Waals surface area contributed by atoms with Crippen molar-refractivity contribution >= 4 is 0 Å². The molecule has 33 heavy (non-hydrogen) atoms. The van der Waals surface area contributed by atoms with Crippen LogP contribution in [0, 0.1) is 29.1 Å². The van der Waals surface area contributed by atoms with Crippen molar-refractivity contribution in [3.63, 3.8) is 0 Å². The third-order valence-corrected chi connectivity index (χ3v) is 9.02. The van der Waals surface area contributed by atoms with E-state index in [1.807, 2.05) is 6.92 Å². The number of fused-ring (bicyclic) bond motifs is 1. The maximum absolute atomic E-state index is 10.6. The molecule has 3 N–H and O–H groups in total. The molecule has 182 valence electrons. The van der Waals surface area contributed by atoms with Gasteiger partial charge in [-0.15, -0.1) is 0 Å². The summed E-state index contributed by atoms with van der Waals surface area (Å²) in [5.41, 5.74) is 2.45. The molecule has 0 saturated heterocycles. The molecule has 0 aliphatic heterocycles. The zero-order valence-electron chi connectivity index (χ0n) is 20.8. The summed E-state index contributed by atoms with van der Waals surface area (Å²) >= 11 is 0. The van der Waals surface area contributed by atoms with Crippen LogP contribution in [0.15, 0.2) is 72.9 Å². The average Bonchev–Trinajstić information content (AvgIpc) is 3.15. The summed E-state index contributed by atoms with van der Waals surface area (Å²) in [5.74, 6) is 1.55. The predicted molar refractivity (Wildman–Crippen MR) is 138 cm³/mol. The van der Waals surface area contributed by atoms with Gasteiger partial charge in [-0.25, -0.2) is 0 Å². The average molecular weight is 453 g/mol. The summed E-state index contributed by atoms with van der Waals surface area (Å²) in [5, 5.41) is 30.9. The van der Waals surface area contributed by atoms with Gasteiger partial charge in [-0.05, 0) is 72.8 Å². The molecule has 3 saturated carbocycles. The molecular formula is C30H44O3. The Balaban J connectivity index is 1.76. The Labute approximate surface area is 201 Å². The van der Waals surface area contributed by atoms with Crippen LogP contribution in [0.4, 0.5) is 0 Å². The van der Waals surface area contributed by atoms with Gasteiger partial charge in [0.15, 0.2) is 0 Å². The van der Waals surface area contributed by atoms with Gasteiger partial charge in [-0.2, -0.15) is 0 Å². The Morgan fingerprint density at radius 1 is 1.09 bits per heavy atom. The molecule has 0 radical (unpaired) electrons. The lowest BCUT2D eigenvalue weighted by Gasteiger charge is -2.44. The van der Waals surface area contributed by atoms with Crippen LogP contribution in [0.2, 0.25) is 0 Å². The van der Waals surface area contributed by atoms with Crippen LogP contribution < -0.4 is 0 Å². The molecule has 0 aromatic carbocycles.